The molecule has 1 unspecified atom stereocenters. The number of aryl methyl sites for hydroxylation is 1. The molecule has 1 amide bonds. The molecule has 0 saturated carbocycles. The molecular formula is C24H30N4O2. The summed E-state index contributed by atoms with van der Waals surface area (Å²) in [4.78, 5) is 27.9. The molecule has 6 nitrogen and oxygen atoms in total. The van der Waals surface area contributed by atoms with Crippen LogP contribution in [0.15, 0.2) is 59.4 Å². The van der Waals surface area contributed by atoms with Gasteiger partial charge in [-0.1, -0.05) is 49.4 Å². The van der Waals surface area contributed by atoms with E-state index in [0.717, 1.165) is 30.0 Å². The molecule has 6 heteroatoms. The minimum Gasteiger partial charge on any atom is -0.353 e. The molecule has 30 heavy (non-hydrogen) atoms. The van der Waals surface area contributed by atoms with Crippen LogP contribution in [0.25, 0.3) is 11.0 Å². The summed E-state index contributed by atoms with van der Waals surface area (Å²) >= 11 is 0. The number of fused-ring (bicyclic) bond motifs is 1. The van der Waals surface area contributed by atoms with Gasteiger partial charge in [0.2, 0.25) is 5.91 Å². The summed E-state index contributed by atoms with van der Waals surface area (Å²) in [6.45, 7) is 4.95. The van der Waals surface area contributed by atoms with Crippen LogP contribution in [0.1, 0.15) is 31.4 Å². The summed E-state index contributed by atoms with van der Waals surface area (Å²) in [5.41, 5.74) is 2.66. The predicted octanol–water partition coefficient (Wildman–Crippen LogP) is 2.93. The Bertz CT molecular complexity index is 1060. The smallest absolute Gasteiger partial charge is 0.329 e. The first kappa shape index (κ1) is 20.4. The summed E-state index contributed by atoms with van der Waals surface area (Å²) in [5, 5.41) is 3.09. The number of carbonyl (C=O) groups excluding carboxylic acids is 1. The lowest BCUT2D eigenvalue weighted by Gasteiger charge is -2.37. The van der Waals surface area contributed by atoms with Crippen molar-refractivity contribution in [1.29, 1.82) is 0 Å². The van der Waals surface area contributed by atoms with Gasteiger partial charge in [-0.3, -0.25) is 18.8 Å². The number of nitrogens with zero attached hydrogens (tertiary/aromatic N) is 3. The maximum atomic E-state index is 12.8. The number of para-hydroxylation sites is 2. The molecule has 1 atom stereocenters. The van der Waals surface area contributed by atoms with Crippen molar-refractivity contribution in [2.24, 2.45) is 13.0 Å². The Morgan fingerprint density at radius 1 is 1.03 bits per heavy atom. The summed E-state index contributed by atoms with van der Waals surface area (Å²) in [7, 11) is 1.74. The number of amides is 1. The number of rotatable bonds is 6. The van der Waals surface area contributed by atoms with E-state index in [1.807, 2.05) is 42.5 Å². The monoisotopic (exact) mass is 406 g/mol. The van der Waals surface area contributed by atoms with Crippen LogP contribution < -0.4 is 11.0 Å². The first-order valence-corrected chi connectivity index (χ1v) is 10.7. The average molecular weight is 407 g/mol. The summed E-state index contributed by atoms with van der Waals surface area (Å²) in [6, 6.07) is 18.1. The van der Waals surface area contributed by atoms with E-state index >= 15 is 0 Å². The largest absolute Gasteiger partial charge is 0.353 e. The zero-order chi connectivity index (χ0) is 21.1. The number of benzene rings is 2. The van der Waals surface area contributed by atoms with Gasteiger partial charge >= 0.3 is 5.69 Å². The molecule has 0 bridgehead atoms. The third-order valence-electron chi connectivity index (χ3n) is 6.29. The van der Waals surface area contributed by atoms with Crippen molar-refractivity contribution in [3.8, 4) is 0 Å². The van der Waals surface area contributed by atoms with Crippen LogP contribution in [-0.4, -0.2) is 39.6 Å². The lowest BCUT2D eigenvalue weighted by Crippen LogP contribution is -2.43. The molecule has 0 aliphatic carbocycles. The van der Waals surface area contributed by atoms with Gasteiger partial charge in [0.25, 0.3) is 0 Å². The molecule has 158 valence electrons. The number of hydrogen-bond donors (Lipinski definition) is 1. The lowest BCUT2D eigenvalue weighted by molar-refractivity contribution is -0.122. The highest BCUT2D eigenvalue weighted by atomic mass is 16.2. The van der Waals surface area contributed by atoms with Crippen LogP contribution in [-0.2, 0) is 18.4 Å². The Morgan fingerprint density at radius 3 is 2.37 bits per heavy atom. The highest BCUT2D eigenvalue weighted by Crippen LogP contribution is 2.26. The zero-order valence-corrected chi connectivity index (χ0v) is 17.8. The number of nitrogens with one attached hydrogen (secondary N) is 1. The fourth-order valence-corrected chi connectivity index (χ4v) is 4.40. The molecule has 2 heterocycles. The lowest BCUT2D eigenvalue weighted by atomic mass is 9.95. The van der Waals surface area contributed by atoms with Crippen molar-refractivity contribution >= 4 is 16.9 Å². The SMILES string of the molecule is CC1CCN(C(CNC(=O)Cn2c(=O)n(C)c3ccccc32)c2ccccc2)CC1. The quantitative estimate of drug-likeness (QED) is 0.685. The number of hydrogen-bond acceptors (Lipinski definition) is 3. The van der Waals surface area contributed by atoms with Crippen LogP contribution in [0.4, 0.5) is 0 Å². The fraction of sp³-hybridized carbons (Fsp3) is 0.417. The number of aromatic nitrogens is 2. The van der Waals surface area contributed by atoms with E-state index in [9.17, 15) is 9.59 Å². The molecule has 3 aromatic rings. The molecule has 1 aliphatic heterocycles. The number of piperidine rings is 1. The van der Waals surface area contributed by atoms with E-state index in [1.165, 1.54) is 18.4 Å². The van der Waals surface area contributed by atoms with E-state index < -0.39 is 0 Å². The first-order valence-electron chi connectivity index (χ1n) is 10.7. The van der Waals surface area contributed by atoms with E-state index in [1.54, 1.807) is 16.2 Å². The molecule has 1 N–H and O–H groups in total. The average Bonchev–Trinajstić information content (AvgIpc) is 3.01. The van der Waals surface area contributed by atoms with Gasteiger partial charge < -0.3 is 5.32 Å². The third kappa shape index (κ3) is 4.19. The molecule has 2 aromatic carbocycles. The topological polar surface area (TPSA) is 59.3 Å². The number of carbonyl (C=O) groups is 1. The van der Waals surface area contributed by atoms with Crippen molar-refractivity contribution in [3.63, 3.8) is 0 Å². The van der Waals surface area contributed by atoms with E-state index in [2.05, 4.69) is 29.3 Å². The van der Waals surface area contributed by atoms with Crippen molar-refractivity contribution in [1.82, 2.24) is 19.4 Å². The highest BCUT2D eigenvalue weighted by Gasteiger charge is 2.25. The van der Waals surface area contributed by atoms with Crippen molar-refractivity contribution in [2.45, 2.75) is 32.4 Å². The Balaban J connectivity index is 1.48. The van der Waals surface area contributed by atoms with E-state index in [-0.39, 0.29) is 24.2 Å². The van der Waals surface area contributed by atoms with Gasteiger partial charge in [-0.2, -0.15) is 0 Å². The summed E-state index contributed by atoms with van der Waals surface area (Å²) in [5.74, 6) is 0.616. The van der Waals surface area contributed by atoms with Gasteiger partial charge in [0, 0.05) is 13.6 Å². The summed E-state index contributed by atoms with van der Waals surface area (Å²) in [6.07, 6.45) is 2.37. The second-order valence-electron chi connectivity index (χ2n) is 8.37. The molecule has 1 saturated heterocycles. The van der Waals surface area contributed by atoms with E-state index in [0.29, 0.717) is 6.54 Å². The van der Waals surface area contributed by atoms with Gasteiger partial charge in [0.05, 0.1) is 17.1 Å². The Labute approximate surface area is 177 Å². The minimum atomic E-state index is -0.170. The Morgan fingerprint density at radius 2 is 1.67 bits per heavy atom. The van der Waals surface area contributed by atoms with Crippen LogP contribution in [0.3, 0.4) is 0 Å². The standard InChI is InChI=1S/C24H30N4O2/c1-18-12-14-27(15-13-18)22(19-8-4-3-5-9-19)16-25-23(29)17-28-21-11-7-6-10-20(21)26(2)24(28)30/h3-11,18,22H,12-17H2,1-2H3,(H,25,29). The minimum absolute atomic E-state index is 0.0265. The molecule has 1 aliphatic rings. The number of likely N-dealkylation sites (tertiary alicyclic amines) is 1. The van der Waals surface area contributed by atoms with E-state index in [4.69, 9.17) is 0 Å². The van der Waals surface area contributed by atoms with Crippen LogP contribution in [0.2, 0.25) is 0 Å². The van der Waals surface area contributed by atoms with Crippen LogP contribution in [0.5, 0.6) is 0 Å². The van der Waals surface area contributed by atoms with Gasteiger partial charge in [0.1, 0.15) is 6.54 Å². The molecule has 0 spiro atoms. The normalized spacial score (nSPS) is 16.6. The van der Waals surface area contributed by atoms with Crippen LogP contribution >= 0.6 is 0 Å². The molecular weight excluding hydrogens is 376 g/mol. The van der Waals surface area contributed by atoms with Gasteiger partial charge in [-0.25, -0.2) is 4.79 Å². The summed E-state index contributed by atoms with van der Waals surface area (Å²) < 4.78 is 3.13. The molecule has 4 rings (SSSR count). The molecule has 1 fully saturated rings. The van der Waals surface area contributed by atoms with Gasteiger partial charge in [0.15, 0.2) is 0 Å². The molecule has 1 aromatic heterocycles. The van der Waals surface area contributed by atoms with Gasteiger partial charge in [-0.05, 0) is 49.5 Å². The second-order valence-corrected chi connectivity index (χ2v) is 8.37. The fourth-order valence-electron chi connectivity index (χ4n) is 4.40. The van der Waals surface area contributed by atoms with Crippen molar-refractivity contribution < 1.29 is 4.79 Å². The Hall–Kier alpha value is -2.86. The van der Waals surface area contributed by atoms with Crippen LogP contribution in [0, 0.1) is 5.92 Å². The molecule has 0 radical (unpaired) electrons. The van der Waals surface area contributed by atoms with Crippen molar-refractivity contribution in [2.75, 3.05) is 19.6 Å². The van der Waals surface area contributed by atoms with Crippen molar-refractivity contribution in [3.05, 3.63) is 70.6 Å². The second kappa shape index (κ2) is 8.88. The number of imidazole rings is 1. The predicted molar refractivity (Wildman–Crippen MR) is 119 cm³/mol. The highest BCUT2D eigenvalue weighted by molar-refractivity contribution is 5.80. The maximum absolute atomic E-state index is 12.8. The Kier molecular flexibility index (Phi) is 6.04. The maximum Gasteiger partial charge on any atom is 0.329 e. The van der Waals surface area contributed by atoms with Gasteiger partial charge in [-0.15, -0.1) is 0 Å². The third-order valence-corrected chi connectivity index (χ3v) is 6.29. The first-order chi connectivity index (χ1) is 14.5. The zero-order valence-electron chi connectivity index (χ0n) is 17.8.